The predicted molar refractivity (Wildman–Crippen MR) is 38.1 cm³/mol. The van der Waals surface area contributed by atoms with E-state index < -0.39 is 0 Å². The van der Waals surface area contributed by atoms with Gasteiger partial charge in [-0.3, -0.25) is 4.79 Å². The van der Waals surface area contributed by atoms with Gasteiger partial charge in [-0.05, 0) is 0 Å². The Hall–Kier alpha value is -0.870. The van der Waals surface area contributed by atoms with Crippen LogP contribution in [0.25, 0.3) is 0 Å². The summed E-state index contributed by atoms with van der Waals surface area (Å²) in [6.07, 6.45) is 3.50. The van der Waals surface area contributed by atoms with E-state index in [9.17, 15) is 4.79 Å². The highest BCUT2D eigenvalue weighted by Crippen LogP contribution is 2.12. The summed E-state index contributed by atoms with van der Waals surface area (Å²) in [4.78, 5) is 10.9. The van der Waals surface area contributed by atoms with Crippen molar-refractivity contribution in [2.75, 3.05) is 26.3 Å². The summed E-state index contributed by atoms with van der Waals surface area (Å²) < 4.78 is 5.77. The molecule has 2 aliphatic heterocycles. The second-order valence-corrected chi connectivity index (χ2v) is 2.89. The minimum Gasteiger partial charge on any atom is -0.370 e. The van der Waals surface area contributed by atoms with Gasteiger partial charge in [0.15, 0.2) is 0 Å². The third-order valence-corrected chi connectivity index (χ3v) is 2.11. The zero-order chi connectivity index (χ0) is 7.73. The fourth-order valence-electron chi connectivity index (χ4n) is 1.43. The lowest BCUT2D eigenvalue weighted by Crippen LogP contribution is -2.58. The van der Waals surface area contributed by atoms with Crippen LogP contribution < -0.4 is 5.43 Å². The molecular weight excluding hydrogens is 144 g/mol. The number of rotatable bonds is 0. The van der Waals surface area contributed by atoms with E-state index in [-0.39, 0.29) is 5.91 Å². The van der Waals surface area contributed by atoms with E-state index in [0.717, 1.165) is 26.3 Å². The highest BCUT2D eigenvalue weighted by molar-refractivity contribution is 5.87. The molecule has 0 aliphatic carbocycles. The molecule has 0 aromatic heterocycles. The second kappa shape index (κ2) is 2.32. The molecular formula is C7H11N2O2+. The summed E-state index contributed by atoms with van der Waals surface area (Å²) in [5.41, 5.74) is 2.88. The van der Waals surface area contributed by atoms with E-state index in [1.807, 2.05) is 6.20 Å². The number of amides is 1. The standard InChI is InChI=1S/C7H10N2O2/c10-7-1-2-9(8-7)3-5-11-6-4-9/h1-2H,3-6H2/p+1. The molecule has 0 radical (unpaired) electrons. The maximum Gasteiger partial charge on any atom is 0.294 e. The Morgan fingerprint density at radius 1 is 1.45 bits per heavy atom. The number of nitrogens with one attached hydrogen (secondary N) is 1. The summed E-state index contributed by atoms with van der Waals surface area (Å²) in [6, 6.07) is 0. The fraction of sp³-hybridized carbons (Fsp3) is 0.571. The van der Waals surface area contributed by atoms with Gasteiger partial charge < -0.3 is 4.74 Å². The summed E-state index contributed by atoms with van der Waals surface area (Å²) >= 11 is 0. The van der Waals surface area contributed by atoms with Crippen molar-refractivity contribution in [3.63, 3.8) is 0 Å². The minimum absolute atomic E-state index is 0.00639. The van der Waals surface area contributed by atoms with Crippen LogP contribution in [0.15, 0.2) is 12.3 Å². The lowest BCUT2D eigenvalue weighted by atomic mass is 10.4. The zero-order valence-electron chi connectivity index (χ0n) is 6.25. The van der Waals surface area contributed by atoms with Crippen LogP contribution in [0.4, 0.5) is 0 Å². The van der Waals surface area contributed by atoms with Crippen LogP contribution in [-0.4, -0.2) is 36.8 Å². The third kappa shape index (κ3) is 1.15. The number of ether oxygens (including phenoxy) is 1. The van der Waals surface area contributed by atoms with E-state index in [0.29, 0.717) is 4.59 Å². The summed E-state index contributed by atoms with van der Waals surface area (Å²) in [6.45, 7) is 3.15. The van der Waals surface area contributed by atoms with Crippen LogP contribution >= 0.6 is 0 Å². The molecule has 0 atom stereocenters. The molecule has 0 unspecified atom stereocenters. The number of carbonyl (C=O) groups excluding carboxylic acids is 1. The normalized spacial score (nSPS) is 27.5. The fourth-order valence-corrected chi connectivity index (χ4v) is 1.43. The lowest BCUT2D eigenvalue weighted by molar-refractivity contribution is -0.917. The summed E-state index contributed by atoms with van der Waals surface area (Å²) in [5.74, 6) is 0.00639. The Labute approximate surface area is 65.0 Å². The first-order chi connectivity index (χ1) is 5.31. The van der Waals surface area contributed by atoms with E-state index >= 15 is 0 Å². The Morgan fingerprint density at radius 2 is 2.18 bits per heavy atom. The molecule has 0 aromatic rings. The molecule has 2 aliphatic rings. The Morgan fingerprint density at radius 3 is 2.73 bits per heavy atom. The van der Waals surface area contributed by atoms with Crippen LogP contribution in [-0.2, 0) is 9.53 Å². The number of hydrogen-bond donors (Lipinski definition) is 1. The summed E-state index contributed by atoms with van der Waals surface area (Å²) in [7, 11) is 0. The van der Waals surface area contributed by atoms with Gasteiger partial charge >= 0.3 is 0 Å². The molecule has 60 valence electrons. The second-order valence-electron chi connectivity index (χ2n) is 2.89. The van der Waals surface area contributed by atoms with Crippen LogP contribution in [0.1, 0.15) is 0 Å². The molecule has 0 saturated carbocycles. The molecule has 4 nitrogen and oxygen atoms in total. The summed E-state index contributed by atoms with van der Waals surface area (Å²) in [5, 5.41) is 0. The molecule has 0 aromatic carbocycles. The van der Waals surface area contributed by atoms with Crippen molar-refractivity contribution >= 4 is 5.91 Å². The molecule has 1 spiro atoms. The van der Waals surface area contributed by atoms with Crippen LogP contribution in [0.2, 0.25) is 0 Å². The van der Waals surface area contributed by atoms with Crippen molar-refractivity contribution in [3.05, 3.63) is 12.3 Å². The van der Waals surface area contributed by atoms with Gasteiger partial charge in [-0.15, -0.1) is 0 Å². The van der Waals surface area contributed by atoms with Crippen LogP contribution in [0.5, 0.6) is 0 Å². The van der Waals surface area contributed by atoms with Crippen molar-refractivity contribution in [1.29, 1.82) is 0 Å². The van der Waals surface area contributed by atoms with Crippen molar-refractivity contribution in [1.82, 2.24) is 5.43 Å². The molecule has 4 heteroatoms. The quantitative estimate of drug-likeness (QED) is 0.474. The first kappa shape index (κ1) is 6.82. The average Bonchev–Trinajstić information content (AvgIpc) is 2.34. The number of hydrogen-bond acceptors (Lipinski definition) is 2. The number of nitrogens with zero attached hydrogens (tertiary/aromatic N) is 1. The van der Waals surface area contributed by atoms with Crippen molar-refractivity contribution in [3.8, 4) is 0 Å². The molecule has 0 bridgehead atoms. The molecule has 1 amide bonds. The molecule has 1 N–H and O–H groups in total. The van der Waals surface area contributed by atoms with Crippen molar-refractivity contribution < 1.29 is 14.1 Å². The SMILES string of the molecule is O=C1C=C[N+]2(CCOCC2)N1. The molecule has 11 heavy (non-hydrogen) atoms. The highest BCUT2D eigenvalue weighted by Gasteiger charge is 2.34. The van der Waals surface area contributed by atoms with Gasteiger partial charge in [-0.1, -0.05) is 0 Å². The number of quaternary nitrogens is 1. The van der Waals surface area contributed by atoms with Gasteiger partial charge in [0.2, 0.25) is 0 Å². The predicted octanol–water partition coefficient (Wildman–Crippen LogP) is -0.608. The van der Waals surface area contributed by atoms with E-state index in [1.165, 1.54) is 0 Å². The van der Waals surface area contributed by atoms with Crippen LogP contribution in [0.3, 0.4) is 0 Å². The third-order valence-electron chi connectivity index (χ3n) is 2.11. The Balaban J connectivity index is 2.10. The first-order valence-electron chi connectivity index (χ1n) is 3.77. The monoisotopic (exact) mass is 155 g/mol. The first-order valence-corrected chi connectivity index (χ1v) is 3.77. The van der Waals surface area contributed by atoms with E-state index in [1.54, 1.807) is 6.08 Å². The smallest absolute Gasteiger partial charge is 0.294 e. The highest BCUT2D eigenvalue weighted by atomic mass is 16.5. The van der Waals surface area contributed by atoms with Crippen molar-refractivity contribution in [2.24, 2.45) is 0 Å². The van der Waals surface area contributed by atoms with Crippen LogP contribution in [0, 0.1) is 0 Å². The average molecular weight is 155 g/mol. The molecule has 2 heterocycles. The minimum atomic E-state index is 0.00639. The van der Waals surface area contributed by atoms with Gasteiger partial charge in [0.05, 0.1) is 19.3 Å². The van der Waals surface area contributed by atoms with Crippen molar-refractivity contribution in [2.45, 2.75) is 0 Å². The number of morpholine rings is 1. The topological polar surface area (TPSA) is 38.3 Å². The number of carbonyl (C=O) groups is 1. The van der Waals surface area contributed by atoms with E-state index in [2.05, 4.69) is 5.43 Å². The zero-order valence-corrected chi connectivity index (χ0v) is 6.25. The molecule has 1 saturated heterocycles. The Bertz CT molecular complexity index is 206. The Kier molecular flexibility index (Phi) is 1.44. The largest absolute Gasteiger partial charge is 0.370 e. The van der Waals surface area contributed by atoms with Gasteiger partial charge in [-0.25, -0.2) is 0 Å². The molecule has 1 fully saturated rings. The van der Waals surface area contributed by atoms with Gasteiger partial charge in [0.25, 0.3) is 5.91 Å². The van der Waals surface area contributed by atoms with Gasteiger partial charge in [0, 0.05) is 0 Å². The van der Waals surface area contributed by atoms with E-state index in [4.69, 9.17) is 4.74 Å². The van der Waals surface area contributed by atoms with Gasteiger partial charge in [-0.2, -0.15) is 10.0 Å². The van der Waals surface area contributed by atoms with Gasteiger partial charge in [0.1, 0.15) is 19.3 Å². The molecule has 2 rings (SSSR count). The maximum atomic E-state index is 10.9. The lowest BCUT2D eigenvalue weighted by Gasteiger charge is -2.33. The maximum absolute atomic E-state index is 10.9.